The molecule has 0 aliphatic rings. The van der Waals surface area contributed by atoms with E-state index in [1.165, 1.54) is 29.8 Å². The van der Waals surface area contributed by atoms with Crippen LogP contribution >= 0.6 is 11.6 Å². The van der Waals surface area contributed by atoms with E-state index in [-0.39, 0.29) is 23.5 Å². The van der Waals surface area contributed by atoms with Gasteiger partial charge in [0.2, 0.25) is 0 Å². The lowest BCUT2D eigenvalue weighted by molar-refractivity contribution is -0.123. The van der Waals surface area contributed by atoms with E-state index in [9.17, 15) is 13.2 Å². The first-order valence-corrected chi connectivity index (χ1v) is 12.4. The Morgan fingerprint density at radius 3 is 2.39 bits per heavy atom. The molecule has 8 heteroatoms. The summed E-state index contributed by atoms with van der Waals surface area (Å²) in [6.45, 7) is 3.64. The fourth-order valence-corrected chi connectivity index (χ4v) is 4.38. The monoisotopic (exact) mass is 486 g/mol. The van der Waals surface area contributed by atoms with Crippen molar-refractivity contribution in [2.45, 2.75) is 37.6 Å². The Balaban J connectivity index is 1.48. The average molecular weight is 487 g/mol. The molecular weight excluding hydrogens is 460 g/mol. The third-order valence-electron chi connectivity index (χ3n) is 5.04. The van der Waals surface area contributed by atoms with E-state index in [2.05, 4.69) is 22.2 Å². The van der Waals surface area contributed by atoms with Gasteiger partial charge in [-0.05, 0) is 74.2 Å². The van der Waals surface area contributed by atoms with Crippen LogP contribution in [0, 0.1) is 6.92 Å². The highest BCUT2D eigenvalue weighted by molar-refractivity contribution is 7.92. The van der Waals surface area contributed by atoms with Crippen molar-refractivity contribution < 1.29 is 17.9 Å². The fraction of sp³-hybridized carbons (Fsp3) is 0.240. The lowest BCUT2D eigenvalue weighted by Gasteiger charge is -2.14. The molecular formula is C25H27ClN2O4S. The van der Waals surface area contributed by atoms with Crippen LogP contribution in [0.1, 0.15) is 24.5 Å². The molecule has 0 heterocycles. The van der Waals surface area contributed by atoms with Crippen LogP contribution < -0.4 is 14.8 Å². The van der Waals surface area contributed by atoms with Gasteiger partial charge in [0.1, 0.15) is 5.75 Å². The number of anilines is 1. The van der Waals surface area contributed by atoms with E-state index in [1.807, 2.05) is 32.0 Å². The summed E-state index contributed by atoms with van der Waals surface area (Å²) in [5.74, 6) is 0.171. The third-order valence-corrected chi connectivity index (χ3v) is 6.85. The van der Waals surface area contributed by atoms with Crippen LogP contribution in [-0.4, -0.2) is 27.0 Å². The minimum absolute atomic E-state index is 0.00942. The van der Waals surface area contributed by atoms with Crippen molar-refractivity contribution in [1.82, 2.24) is 5.32 Å². The largest absolute Gasteiger partial charge is 0.484 e. The van der Waals surface area contributed by atoms with Gasteiger partial charge in [0.15, 0.2) is 6.61 Å². The first kappa shape index (κ1) is 24.6. The number of ether oxygens (including phenoxy) is 1. The van der Waals surface area contributed by atoms with Gasteiger partial charge in [-0.1, -0.05) is 48.0 Å². The van der Waals surface area contributed by atoms with E-state index in [1.54, 1.807) is 18.2 Å². The second-order valence-electron chi connectivity index (χ2n) is 7.82. The van der Waals surface area contributed by atoms with Crippen molar-refractivity contribution >= 4 is 33.2 Å². The van der Waals surface area contributed by atoms with Crippen LogP contribution in [0.3, 0.4) is 0 Å². The zero-order valence-electron chi connectivity index (χ0n) is 18.5. The Morgan fingerprint density at radius 2 is 1.73 bits per heavy atom. The van der Waals surface area contributed by atoms with E-state index in [4.69, 9.17) is 16.3 Å². The van der Waals surface area contributed by atoms with E-state index in [0.717, 1.165) is 18.4 Å². The SMILES string of the molecule is Cc1ccc(NS(=O)(=O)c2ccc(OCC(=O)N[C@@H](C)CCc3ccccc3)cc2)cc1Cl. The highest BCUT2D eigenvalue weighted by Crippen LogP contribution is 2.23. The summed E-state index contributed by atoms with van der Waals surface area (Å²) in [5.41, 5.74) is 2.46. The zero-order chi connectivity index (χ0) is 23.8. The van der Waals surface area contributed by atoms with Crippen LogP contribution in [0.15, 0.2) is 77.7 Å². The average Bonchev–Trinajstić information content (AvgIpc) is 2.79. The summed E-state index contributed by atoms with van der Waals surface area (Å²) in [7, 11) is -3.78. The molecule has 0 unspecified atom stereocenters. The van der Waals surface area contributed by atoms with Gasteiger partial charge in [0.25, 0.3) is 15.9 Å². The molecule has 0 aliphatic carbocycles. The summed E-state index contributed by atoms with van der Waals surface area (Å²) < 4.78 is 33.2. The van der Waals surface area contributed by atoms with Crippen LogP contribution in [-0.2, 0) is 21.2 Å². The minimum atomic E-state index is -3.78. The summed E-state index contributed by atoms with van der Waals surface area (Å²) in [4.78, 5) is 12.2. The van der Waals surface area contributed by atoms with Gasteiger partial charge < -0.3 is 10.1 Å². The smallest absolute Gasteiger partial charge is 0.261 e. The van der Waals surface area contributed by atoms with Crippen LogP contribution in [0.2, 0.25) is 5.02 Å². The highest BCUT2D eigenvalue weighted by atomic mass is 35.5. The number of amides is 1. The molecule has 0 radical (unpaired) electrons. The molecule has 0 aromatic heterocycles. The number of hydrogen-bond donors (Lipinski definition) is 2. The Bertz CT molecular complexity index is 1180. The number of hydrogen-bond acceptors (Lipinski definition) is 4. The molecule has 1 atom stereocenters. The second-order valence-corrected chi connectivity index (χ2v) is 9.91. The topological polar surface area (TPSA) is 84.5 Å². The Labute approximate surface area is 200 Å². The molecule has 3 rings (SSSR count). The number of aryl methyl sites for hydroxylation is 2. The van der Waals surface area contributed by atoms with E-state index in [0.29, 0.717) is 16.5 Å². The maximum Gasteiger partial charge on any atom is 0.261 e. The number of nitrogens with one attached hydrogen (secondary N) is 2. The fourth-order valence-electron chi connectivity index (χ4n) is 3.15. The van der Waals surface area contributed by atoms with Crippen molar-refractivity contribution in [1.29, 1.82) is 0 Å². The highest BCUT2D eigenvalue weighted by Gasteiger charge is 2.15. The van der Waals surface area contributed by atoms with Crippen molar-refractivity contribution in [2.24, 2.45) is 0 Å². The van der Waals surface area contributed by atoms with Crippen molar-refractivity contribution in [3.63, 3.8) is 0 Å². The van der Waals surface area contributed by atoms with Crippen LogP contribution in [0.4, 0.5) is 5.69 Å². The first-order chi connectivity index (χ1) is 15.7. The van der Waals surface area contributed by atoms with E-state index >= 15 is 0 Å². The Kier molecular flexibility index (Phi) is 8.36. The van der Waals surface area contributed by atoms with Gasteiger partial charge in [-0.25, -0.2) is 8.42 Å². The van der Waals surface area contributed by atoms with Gasteiger partial charge in [-0.3, -0.25) is 9.52 Å². The summed E-state index contributed by atoms with van der Waals surface area (Å²) in [6, 6.07) is 20.9. The van der Waals surface area contributed by atoms with Crippen molar-refractivity contribution in [3.05, 3.63) is 88.9 Å². The van der Waals surface area contributed by atoms with Gasteiger partial charge >= 0.3 is 0 Å². The maximum absolute atomic E-state index is 12.6. The Hall–Kier alpha value is -3.03. The Morgan fingerprint density at radius 1 is 1.03 bits per heavy atom. The number of benzene rings is 3. The molecule has 0 bridgehead atoms. The van der Waals surface area contributed by atoms with Crippen LogP contribution in [0.25, 0.3) is 0 Å². The molecule has 1 amide bonds. The number of sulfonamides is 1. The lowest BCUT2D eigenvalue weighted by atomic mass is 10.1. The standard InChI is InChI=1S/C25H27ClN2O4S/c1-18-8-11-21(16-24(18)26)28-33(30,31)23-14-12-22(13-15-23)32-17-25(29)27-19(2)9-10-20-6-4-3-5-7-20/h3-8,11-16,19,28H,9-10,17H2,1-2H3,(H,27,29)/t19-/m0/s1. The molecule has 174 valence electrons. The number of halogens is 1. The minimum Gasteiger partial charge on any atom is -0.484 e. The molecule has 0 fully saturated rings. The van der Waals surface area contributed by atoms with E-state index < -0.39 is 10.0 Å². The van der Waals surface area contributed by atoms with Crippen molar-refractivity contribution in [3.8, 4) is 5.75 Å². The van der Waals surface area contributed by atoms with Crippen LogP contribution in [0.5, 0.6) is 5.75 Å². The number of rotatable bonds is 10. The first-order valence-electron chi connectivity index (χ1n) is 10.6. The van der Waals surface area contributed by atoms with Crippen molar-refractivity contribution in [2.75, 3.05) is 11.3 Å². The molecule has 0 aliphatic heterocycles. The van der Waals surface area contributed by atoms with Gasteiger partial charge in [0, 0.05) is 11.1 Å². The molecule has 2 N–H and O–H groups in total. The quantitative estimate of drug-likeness (QED) is 0.424. The summed E-state index contributed by atoms with van der Waals surface area (Å²) in [6.07, 6.45) is 1.70. The predicted octanol–water partition coefficient (Wildman–Crippen LogP) is 4.97. The van der Waals surface area contributed by atoms with Gasteiger partial charge in [-0.15, -0.1) is 0 Å². The predicted molar refractivity (Wildman–Crippen MR) is 131 cm³/mol. The molecule has 3 aromatic carbocycles. The molecule has 33 heavy (non-hydrogen) atoms. The zero-order valence-corrected chi connectivity index (χ0v) is 20.1. The molecule has 0 saturated heterocycles. The summed E-state index contributed by atoms with van der Waals surface area (Å²) in [5, 5.41) is 3.39. The normalized spacial score (nSPS) is 12.1. The molecule has 3 aromatic rings. The number of carbonyl (C=O) groups is 1. The second kappa shape index (κ2) is 11.2. The molecule has 0 saturated carbocycles. The number of carbonyl (C=O) groups excluding carboxylic acids is 1. The maximum atomic E-state index is 12.6. The molecule has 6 nitrogen and oxygen atoms in total. The third kappa shape index (κ3) is 7.51. The van der Waals surface area contributed by atoms with Gasteiger partial charge in [0.05, 0.1) is 10.6 Å². The van der Waals surface area contributed by atoms with Gasteiger partial charge in [-0.2, -0.15) is 0 Å². The molecule has 0 spiro atoms. The summed E-state index contributed by atoms with van der Waals surface area (Å²) >= 11 is 6.06. The lowest BCUT2D eigenvalue weighted by Crippen LogP contribution is -2.36.